The third kappa shape index (κ3) is 4.09. The number of hydrogen-bond acceptors (Lipinski definition) is 1. The summed E-state index contributed by atoms with van der Waals surface area (Å²) < 4.78 is 12.9. The van der Waals surface area contributed by atoms with Gasteiger partial charge in [-0.15, -0.1) is 0 Å². The topological polar surface area (TPSA) is 12.0 Å². The lowest BCUT2D eigenvalue weighted by Crippen LogP contribution is -2.32. The molecule has 2 rings (SSSR count). The van der Waals surface area contributed by atoms with E-state index < -0.39 is 0 Å². The number of hydrogen-bond donors (Lipinski definition) is 1. The van der Waals surface area contributed by atoms with E-state index >= 15 is 0 Å². The summed E-state index contributed by atoms with van der Waals surface area (Å²) in [5, 5.41) is 3.70. The van der Waals surface area contributed by atoms with Crippen molar-refractivity contribution >= 4 is 0 Å². The zero-order valence-corrected chi connectivity index (χ0v) is 11.3. The fourth-order valence-electron chi connectivity index (χ4n) is 2.82. The summed E-state index contributed by atoms with van der Waals surface area (Å²) in [4.78, 5) is 0. The van der Waals surface area contributed by atoms with Gasteiger partial charge in [-0.05, 0) is 37.5 Å². The first kappa shape index (κ1) is 13.5. The van der Waals surface area contributed by atoms with Crippen LogP contribution in [0.4, 0.5) is 4.39 Å². The molecule has 0 aliphatic heterocycles. The van der Waals surface area contributed by atoms with E-state index in [9.17, 15) is 4.39 Å². The number of nitrogens with one attached hydrogen (secondary N) is 1. The molecular weight excluding hydrogens is 225 g/mol. The van der Waals surface area contributed by atoms with Crippen molar-refractivity contribution in [1.29, 1.82) is 0 Å². The van der Waals surface area contributed by atoms with E-state index in [0.29, 0.717) is 12.1 Å². The second kappa shape index (κ2) is 6.89. The molecule has 1 aliphatic rings. The molecule has 0 saturated heterocycles. The van der Waals surface area contributed by atoms with Crippen LogP contribution in [0.3, 0.4) is 0 Å². The zero-order valence-electron chi connectivity index (χ0n) is 11.3. The van der Waals surface area contributed by atoms with Gasteiger partial charge >= 0.3 is 0 Å². The molecule has 1 aliphatic carbocycles. The van der Waals surface area contributed by atoms with Gasteiger partial charge in [-0.1, -0.05) is 44.2 Å². The van der Waals surface area contributed by atoms with Crippen LogP contribution in [0.2, 0.25) is 0 Å². The van der Waals surface area contributed by atoms with E-state index in [1.165, 1.54) is 50.5 Å². The van der Waals surface area contributed by atoms with Crippen LogP contribution in [-0.2, 0) is 0 Å². The SMILES string of the molecule is C[C@H](NC1CCCCCCC1)c1ccc(F)cc1. The summed E-state index contributed by atoms with van der Waals surface area (Å²) in [7, 11) is 0. The first-order valence-corrected chi connectivity index (χ1v) is 7.27. The van der Waals surface area contributed by atoms with Crippen LogP contribution >= 0.6 is 0 Å². The average Bonchev–Trinajstić information content (AvgIpc) is 2.33. The van der Waals surface area contributed by atoms with Gasteiger partial charge in [0.15, 0.2) is 0 Å². The Morgan fingerprint density at radius 1 is 1.00 bits per heavy atom. The van der Waals surface area contributed by atoms with Gasteiger partial charge in [0.2, 0.25) is 0 Å². The van der Waals surface area contributed by atoms with Gasteiger partial charge in [0, 0.05) is 12.1 Å². The molecule has 18 heavy (non-hydrogen) atoms. The predicted molar refractivity (Wildman–Crippen MR) is 74.1 cm³/mol. The Hall–Kier alpha value is -0.890. The van der Waals surface area contributed by atoms with Crippen LogP contribution in [0.5, 0.6) is 0 Å². The van der Waals surface area contributed by atoms with Crippen LogP contribution in [0.15, 0.2) is 24.3 Å². The van der Waals surface area contributed by atoms with E-state index in [0.717, 1.165) is 0 Å². The highest BCUT2D eigenvalue weighted by molar-refractivity contribution is 5.19. The maximum absolute atomic E-state index is 12.9. The molecule has 1 atom stereocenters. The van der Waals surface area contributed by atoms with E-state index in [1.807, 2.05) is 12.1 Å². The third-order valence-corrected chi connectivity index (χ3v) is 3.96. The highest BCUT2D eigenvalue weighted by atomic mass is 19.1. The third-order valence-electron chi connectivity index (χ3n) is 3.96. The predicted octanol–water partition coefficient (Wildman–Crippen LogP) is 4.59. The van der Waals surface area contributed by atoms with Crippen molar-refractivity contribution in [3.63, 3.8) is 0 Å². The smallest absolute Gasteiger partial charge is 0.123 e. The molecule has 0 bridgehead atoms. The minimum Gasteiger partial charge on any atom is -0.307 e. The molecule has 0 radical (unpaired) electrons. The molecule has 1 N–H and O–H groups in total. The quantitative estimate of drug-likeness (QED) is 0.826. The molecule has 0 spiro atoms. The van der Waals surface area contributed by atoms with Crippen molar-refractivity contribution < 1.29 is 4.39 Å². The Bertz CT molecular complexity index is 339. The molecule has 100 valence electrons. The van der Waals surface area contributed by atoms with Crippen LogP contribution in [0.25, 0.3) is 0 Å². The minimum absolute atomic E-state index is 0.156. The first-order valence-electron chi connectivity index (χ1n) is 7.27. The molecule has 1 nitrogen and oxygen atoms in total. The normalized spacial score (nSPS) is 20.1. The summed E-state index contributed by atoms with van der Waals surface area (Å²) in [5.74, 6) is -0.156. The number of rotatable bonds is 3. The largest absolute Gasteiger partial charge is 0.307 e. The summed E-state index contributed by atoms with van der Waals surface area (Å²) in [6.07, 6.45) is 9.41. The lowest BCUT2D eigenvalue weighted by molar-refractivity contribution is 0.362. The Balaban J connectivity index is 1.88. The highest BCUT2D eigenvalue weighted by Gasteiger charge is 2.14. The van der Waals surface area contributed by atoms with Crippen molar-refractivity contribution in [3.05, 3.63) is 35.6 Å². The molecule has 1 fully saturated rings. The summed E-state index contributed by atoms with van der Waals surface area (Å²) in [6, 6.07) is 7.81. The second-order valence-corrected chi connectivity index (χ2v) is 5.48. The van der Waals surface area contributed by atoms with Gasteiger partial charge in [0.1, 0.15) is 5.82 Å². The molecule has 1 aromatic carbocycles. The molecule has 0 unspecified atom stereocenters. The molecule has 0 heterocycles. The van der Waals surface area contributed by atoms with E-state index in [2.05, 4.69) is 12.2 Å². The van der Waals surface area contributed by atoms with Gasteiger partial charge in [-0.2, -0.15) is 0 Å². The Labute approximate surface area is 110 Å². The van der Waals surface area contributed by atoms with Crippen molar-refractivity contribution in [1.82, 2.24) is 5.32 Å². The van der Waals surface area contributed by atoms with Gasteiger partial charge in [0.25, 0.3) is 0 Å². The molecule has 0 aromatic heterocycles. The van der Waals surface area contributed by atoms with Crippen molar-refractivity contribution in [2.24, 2.45) is 0 Å². The summed E-state index contributed by atoms with van der Waals surface area (Å²) >= 11 is 0. The number of halogens is 1. The number of benzene rings is 1. The standard InChI is InChI=1S/C16H24FN/c1-13(14-9-11-15(17)12-10-14)18-16-7-5-3-2-4-6-8-16/h9-13,16,18H,2-8H2,1H3/t13-/m0/s1. The fourth-order valence-corrected chi connectivity index (χ4v) is 2.82. The van der Waals surface area contributed by atoms with Gasteiger partial charge < -0.3 is 5.32 Å². The Morgan fingerprint density at radius 3 is 2.17 bits per heavy atom. The van der Waals surface area contributed by atoms with Gasteiger partial charge in [-0.3, -0.25) is 0 Å². The van der Waals surface area contributed by atoms with E-state index in [1.54, 1.807) is 12.1 Å². The molecule has 2 heteroatoms. The van der Waals surface area contributed by atoms with Gasteiger partial charge in [-0.25, -0.2) is 4.39 Å². The molecular formula is C16H24FN. The lowest BCUT2D eigenvalue weighted by Gasteiger charge is -2.25. The van der Waals surface area contributed by atoms with E-state index in [4.69, 9.17) is 0 Å². The van der Waals surface area contributed by atoms with Crippen molar-refractivity contribution in [2.45, 2.75) is 64.0 Å². The summed E-state index contributed by atoms with van der Waals surface area (Å²) in [6.45, 7) is 2.17. The minimum atomic E-state index is -0.156. The summed E-state index contributed by atoms with van der Waals surface area (Å²) in [5.41, 5.74) is 1.18. The second-order valence-electron chi connectivity index (χ2n) is 5.48. The van der Waals surface area contributed by atoms with Crippen LogP contribution < -0.4 is 5.32 Å². The van der Waals surface area contributed by atoms with Crippen LogP contribution in [0.1, 0.15) is 63.5 Å². The molecule has 1 saturated carbocycles. The van der Waals surface area contributed by atoms with Crippen LogP contribution in [-0.4, -0.2) is 6.04 Å². The van der Waals surface area contributed by atoms with Gasteiger partial charge in [0.05, 0.1) is 0 Å². The molecule has 1 aromatic rings. The highest BCUT2D eigenvalue weighted by Crippen LogP contribution is 2.20. The molecule has 0 amide bonds. The zero-order chi connectivity index (χ0) is 12.8. The maximum atomic E-state index is 12.9. The maximum Gasteiger partial charge on any atom is 0.123 e. The van der Waals surface area contributed by atoms with Crippen molar-refractivity contribution in [3.8, 4) is 0 Å². The first-order chi connectivity index (χ1) is 8.75. The van der Waals surface area contributed by atoms with E-state index in [-0.39, 0.29) is 5.82 Å². The van der Waals surface area contributed by atoms with Crippen LogP contribution in [0, 0.1) is 5.82 Å². The monoisotopic (exact) mass is 249 g/mol. The lowest BCUT2D eigenvalue weighted by atomic mass is 9.95. The van der Waals surface area contributed by atoms with Crippen molar-refractivity contribution in [2.75, 3.05) is 0 Å². The Kier molecular flexibility index (Phi) is 5.18. The Morgan fingerprint density at radius 2 is 1.56 bits per heavy atom. The average molecular weight is 249 g/mol. The fraction of sp³-hybridized carbons (Fsp3) is 0.625.